The first-order valence-corrected chi connectivity index (χ1v) is 9.70. The highest BCUT2D eigenvalue weighted by atomic mass is 16.2. The molecular weight excluding hydrogens is 302 g/mol. The van der Waals surface area contributed by atoms with E-state index in [1.54, 1.807) is 11.8 Å². The van der Waals surface area contributed by atoms with E-state index in [1.807, 2.05) is 14.1 Å². The summed E-state index contributed by atoms with van der Waals surface area (Å²) in [6.07, 6.45) is 7.51. The van der Waals surface area contributed by atoms with Crippen molar-refractivity contribution in [2.24, 2.45) is 11.8 Å². The van der Waals surface area contributed by atoms with Gasteiger partial charge in [-0.15, -0.1) is 0 Å². The lowest BCUT2D eigenvalue weighted by atomic mass is 9.69. The molecule has 0 unspecified atom stereocenters. The number of hydrogen-bond acceptors (Lipinski definition) is 3. The van der Waals surface area contributed by atoms with Gasteiger partial charge in [-0.1, -0.05) is 0 Å². The summed E-state index contributed by atoms with van der Waals surface area (Å²) < 4.78 is 0. The van der Waals surface area contributed by atoms with Gasteiger partial charge in [-0.3, -0.25) is 14.5 Å². The Morgan fingerprint density at radius 3 is 2.50 bits per heavy atom. The standard InChI is InChI=1S/C19H33N3O2/c1-14(23)22-13-15-7-5-11-21-12-6-8-16(19(15)21)17(22)9-4-10-18(24)20(2)3/h15-17,19H,4-13H2,1-3H3/t15-,16+,17+,19-/m0/s1. The molecule has 0 aromatic rings. The van der Waals surface area contributed by atoms with Crippen LogP contribution in [0.4, 0.5) is 0 Å². The van der Waals surface area contributed by atoms with Gasteiger partial charge in [0.15, 0.2) is 0 Å². The van der Waals surface area contributed by atoms with Crippen molar-refractivity contribution in [1.82, 2.24) is 14.7 Å². The number of piperidine rings is 3. The molecule has 3 fully saturated rings. The molecule has 3 heterocycles. The maximum atomic E-state index is 12.3. The minimum atomic E-state index is 0.195. The zero-order chi connectivity index (χ0) is 17.3. The van der Waals surface area contributed by atoms with Crippen LogP contribution < -0.4 is 0 Å². The average Bonchev–Trinajstić information content (AvgIpc) is 2.56. The van der Waals surface area contributed by atoms with Crippen LogP contribution >= 0.6 is 0 Å². The Labute approximate surface area is 146 Å². The lowest BCUT2D eigenvalue weighted by Gasteiger charge is -2.57. The highest BCUT2D eigenvalue weighted by Crippen LogP contribution is 2.43. The van der Waals surface area contributed by atoms with E-state index in [0.717, 1.165) is 19.4 Å². The number of carbonyl (C=O) groups is 2. The molecule has 0 N–H and O–H groups in total. The zero-order valence-corrected chi connectivity index (χ0v) is 15.5. The van der Waals surface area contributed by atoms with Crippen molar-refractivity contribution in [2.75, 3.05) is 33.7 Å². The minimum Gasteiger partial charge on any atom is -0.349 e. The van der Waals surface area contributed by atoms with Gasteiger partial charge in [-0.2, -0.15) is 0 Å². The van der Waals surface area contributed by atoms with E-state index in [-0.39, 0.29) is 11.8 Å². The van der Waals surface area contributed by atoms with Crippen LogP contribution in [0.3, 0.4) is 0 Å². The monoisotopic (exact) mass is 335 g/mol. The van der Waals surface area contributed by atoms with E-state index in [4.69, 9.17) is 0 Å². The van der Waals surface area contributed by atoms with E-state index in [9.17, 15) is 9.59 Å². The molecule has 5 nitrogen and oxygen atoms in total. The normalized spacial score (nSPS) is 33.0. The molecule has 3 saturated heterocycles. The second kappa shape index (κ2) is 7.42. The highest BCUT2D eigenvalue weighted by Gasteiger charge is 2.48. The first-order chi connectivity index (χ1) is 11.5. The van der Waals surface area contributed by atoms with Crippen molar-refractivity contribution in [1.29, 1.82) is 0 Å². The van der Waals surface area contributed by atoms with Gasteiger partial charge in [0.2, 0.25) is 11.8 Å². The Bertz CT molecular complexity index is 477. The topological polar surface area (TPSA) is 43.9 Å². The van der Waals surface area contributed by atoms with E-state index in [0.29, 0.717) is 30.3 Å². The molecule has 0 aliphatic carbocycles. The van der Waals surface area contributed by atoms with Crippen LogP contribution in [0.5, 0.6) is 0 Å². The van der Waals surface area contributed by atoms with Crippen LogP contribution in [0.25, 0.3) is 0 Å². The summed E-state index contributed by atoms with van der Waals surface area (Å²) in [4.78, 5) is 30.7. The van der Waals surface area contributed by atoms with Crippen LogP contribution in [0.1, 0.15) is 51.9 Å². The van der Waals surface area contributed by atoms with Gasteiger partial charge in [0.1, 0.15) is 0 Å². The fourth-order valence-electron chi connectivity index (χ4n) is 5.41. The summed E-state index contributed by atoms with van der Waals surface area (Å²) in [5.74, 6) is 1.69. The number of carbonyl (C=O) groups excluding carboxylic acids is 2. The molecular formula is C19H33N3O2. The number of amides is 2. The molecule has 4 atom stereocenters. The first-order valence-electron chi connectivity index (χ1n) is 9.70. The van der Waals surface area contributed by atoms with E-state index >= 15 is 0 Å². The number of rotatable bonds is 4. The van der Waals surface area contributed by atoms with Crippen LogP contribution in [-0.2, 0) is 9.59 Å². The number of likely N-dealkylation sites (tertiary alicyclic amines) is 1. The predicted octanol–water partition coefficient (Wildman–Crippen LogP) is 1.97. The lowest BCUT2D eigenvalue weighted by molar-refractivity contribution is -0.144. The molecule has 0 spiro atoms. The molecule has 2 amide bonds. The third-order valence-corrected chi connectivity index (χ3v) is 6.47. The van der Waals surface area contributed by atoms with Gasteiger partial charge in [-0.05, 0) is 63.5 Å². The molecule has 0 saturated carbocycles. The number of hydrogen-bond donors (Lipinski definition) is 0. The van der Waals surface area contributed by atoms with Gasteiger partial charge >= 0.3 is 0 Å². The molecule has 0 aromatic carbocycles. The Balaban J connectivity index is 1.71. The Morgan fingerprint density at radius 2 is 1.83 bits per heavy atom. The molecule has 136 valence electrons. The van der Waals surface area contributed by atoms with Crippen LogP contribution in [0, 0.1) is 11.8 Å². The third kappa shape index (κ3) is 3.46. The maximum Gasteiger partial charge on any atom is 0.222 e. The molecule has 5 heteroatoms. The van der Waals surface area contributed by atoms with Gasteiger partial charge in [-0.25, -0.2) is 0 Å². The Hall–Kier alpha value is -1.10. The molecule has 3 aliphatic rings. The van der Waals surface area contributed by atoms with Crippen molar-refractivity contribution in [3.05, 3.63) is 0 Å². The maximum absolute atomic E-state index is 12.3. The second-order valence-corrected chi connectivity index (χ2v) is 8.15. The zero-order valence-electron chi connectivity index (χ0n) is 15.5. The smallest absolute Gasteiger partial charge is 0.222 e. The summed E-state index contributed by atoms with van der Waals surface area (Å²) in [6.45, 7) is 5.13. The van der Waals surface area contributed by atoms with Crippen molar-refractivity contribution >= 4 is 11.8 Å². The van der Waals surface area contributed by atoms with Gasteiger partial charge in [0.05, 0.1) is 0 Å². The van der Waals surface area contributed by atoms with Gasteiger partial charge < -0.3 is 9.80 Å². The summed E-state index contributed by atoms with van der Waals surface area (Å²) in [7, 11) is 3.63. The highest BCUT2D eigenvalue weighted by molar-refractivity contribution is 5.75. The minimum absolute atomic E-state index is 0.195. The summed E-state index contributed by atoms with van der Waals surface area (Å²) in [6, 6.07) is 1.01. The third-order valence-electron chi connectivity index (χ3n) is 6.47. The molecule has 3 rings (SSSR count). The van der Waals surface area contributed by atoms with Gasteiger partial charge in [0, 0.05) is 46.1 Å². The Kier molecular flexibility index (Phi) is 5.48. The quantitative estimate of drug-likeness (QED) is 0.789. The fourth-order valence-corrected chi connectivity index (χ4v) is 5.41. The summed E-state index contributed by atoms with van der Waals surface area (Å²) in [5, 5.41) is 0. The lowest BCUT2D eigenvalue weighted by Crippen LogP contribution is -2.65. The first kappa shape index (κ1) is 17.7. The van der Waals surface area contributed by atoms with Crippen molar-refractivity contribution < 1.29 is 9.59 Å². The summed E-state index contributed by atoms with van der Waals surface area (Å²) >= 11 is 0. The Morgan fingerprint density at radius 1 is 1.12 bits per heavy atom. The molecule has 0 aromatic heterocycles. The van der Waals surface area contributed by atoms with Crippen molar-refractivity contribution in [3.8, 4) is 0 Å². The molecule has 3 aliphatic heterocycles. The van der Waals surface area contributed by atoms with Crippen molar-refractivity contribution in [2.45, 2.75) is 64.0 Å². The number of nitrogens with zero attached hydrogens (tertiary/aromatic N) is 3. The van der Waals surface area contributed by atoms with E-state index in [1.165, 1.54) is 38.8 Å². The average molecular weight is 335 g/mol. The molecule has 24 heavy (non-hydrogen) atoms. The summed E-state index contributed by atoms with van der Waals surface area (Å²) in [5.41, 5.74) is 0. The van der Waals surface area contributed by atoms with Crippen molar-refractivity contribution in [3.63, 3.8) is 0 Å². The SMILES string of the molecule is CC(=O)N1C[C@@H]2CCCN3CCC[C@@H]([C@H]23)[C@H]1CCCC(=O)N(C)C. The van der Waals surface area contributed by atoms with Crippen LogP contribution in [-0.4, -0.2) is 72.3 Å². The van der Waals surface area contributed by atoms with E-state index in [2.05, 4.69) is 9.80 Å². The predicted molar refractivity (Wildman–Crippen MR) is 94.5 cm³/mol. The van der Waals surface area contributed by atoms with Crippen LogP contribution in [0.2, 0.25) is 0 Å². The largest absolute Gasteiger partial charge is 0.349 e. The molecule has 0 bridgehead atoms. The van der Waals surface area contributed by atoms with E-state index < -0.39 is 0 Å². The molecule has 0 radical (unpaired) electrons. The van der Waals surface area contributed by atoms with Gasteiger partial charge in [0.25, 0.3) is 0 Å². The fraction of sp³-hybridized carbons (Fsp3) is 0.895. The van der Waals surface area contributed by atoms with Crippen LogP contribution in [0.15, 0.2) is 0 Å². The second-order valence-electron chi connectivity index (χ2n) is 8.15.